The lowest BCUT2D eigenvalue weighted by Gasteiger charge is -2.10. The largest absolute Gasteiger partial charge is 0.493 e. The van der Waals surface area contributed by atoms with Crippen molar-refractivity contribution in [1.82, 2.24) is 14.5 Å². The molecule has 0 spiro atoms. The van der Waals surface area contributed by atoms with Crippen LogP contribution in [0.3, 0.4) is 0 Å². The molecular formula is C18H20N4O4. The van der Waals surface area contributed by atoms with E-state index in [0.29, 0.717) is 29.0 Å². The van der Waals surface area contributed by atoms with Crippen molar-refractivity contribution in [1.29, 1.82) is 0 Å². The molecule has 8 heteroatoms. The number of hydrogen-bond donors (Lipinski definition) is 1. The summed E-state index contributed by atoms with van der Waals surface area (Å²) in [6.45, 7) is 4.27. The zero-order chi connectivity index (χ0) is 18.8. The molecule has 0 atom stereocenters. The van der Waals surface area contributed by atoms with Gasteiger partial charge in [0.2, 0.25) is 0 Å². The van der Waals surface area contributed by atoms with E-state index in [1.54, 1.807) is 11.6 Å². The fourth-order valence-corrected chi connectivity index (χ4v) is 3.06. The molecule has 0 aliphatic rings. The standard InChI is InChI=1S/C18H20N4O4/c1-4-6-11-10-21(3)16-15(11)19-17(20-18(16)23)13-9-12(22(24)25)7-8-14(13)26-5-2/h7-10H,4-6H2,1-3H3,(H,19,20,23). The van der Waals surface area contributed by atoms with Crippen LogP contribution in [0.15, 0.2) is 29.2 Å². The monoisotopic (exact) mass is 356 g/mol. The summed E-state index contributed by atoms with van der Waals surface area (Å²) < 4.78 is 7.33. The summed E-state index contributed by atoms with van der Waals surface area (Å²) in [5.74, 6) is 0.701. The van der Waals surface area contributed by atoms with Gasteiger partial charge in [-0.1, -0.05) is 13.3 Å². The van der Waals surface area contributed by atoms with E-state index in [1.165, 1.54) is 18.2 Å². The molecule has 1 aromatic carbocycles. The number of H-pyrrole nitrogens is 1. The molecule has 3 rings (SSSR count). The lowest BCUT2D eigenvalue weighted by molar-refractivity contribution is -0.384. The number of benzene rings is 1. The van der Waals surface area contributed by atoms with E-state index in [4.69, 9.17) is 4.74 Å². The lowest BCUT2D eigenvalue weighted by Crippen LogP contribution is -2.12. The summed E-state index contributed by atoms with van der Waals surface area (Å²) in [5, 5.41) is 11.1. The van der Waals surface area contributed by atoms with Crippen molar-refractivity contribution in [2.24, 2.45) is 7.05 Å². The van der Waals surface area contributed by atoms with Crippen molar-refractivity contribution in [2.75, 3.05) is 6.61 Å². The van der Waals surface area contributed by atoms with E-state index in [1.807, 2.05) is 13.1 Å². The van der Waals surface area contributed by atoms with E-state index in [-0.39, 0.29) is 17.1 Å². The molecule has 0 unspecified atom stereocenters. The Morgan fingerprint density at radius 3 is 2.77 bits per heavy atom. The molecular weight excluding hydrogens is 336 g/mol. The van der Waals surface area contributed by atoms with Gasteiger partial charge >= 0.3 is 0 Å². The lowest BCUT2D eigenvalue weighted by atomic mass is 10.1. The van der Waals surface area contributed by atoms with Crippen LogP contribution in [0.5, 0.6) is 5.75 Å². The fourth-order valence-electron chi connectivity index (χ4n) is 3.06. The first kappa shape index (κ1) is 17.7. The molecule has 0 bridgehead atoms. The summed E-state index contributed by atoms with van der Waals surface area (Å²) in [4.78, 5) is 30.6. The molecule has 26 heavy (non-hydrogen) atoms. The highest BCUT2D eigenvalue weighted by Gasteiger charge is 2.18. The van der Waals surface area contributed by atoms with Gasteiger partial charge in [0.15, 0.2) is 0 Å². The van der Waals surface area contributed by atoms with Crippen molar-refractivity contribution < 1.29 is 9.66 Å². The van der Waals surface area contributed by atoms with Crippen LogP contribution in [0.25, 0.3) is 22.4 Å². The third-order valence-electron chi connectivity index (χ3n) is 4.15. The summed E-state index contributed by atoms with van der Waals surface area (Å²) in [6, 6.07) is 4.27. The highest BCUT2D eigenvalue weighted by Crippen LogP contribution is 2.32. The first-order valence-electron chi connectivity index (χ1n) is 8.46. The van der Waals surface area contributed by atoms with Gasteiger partial charge in [-0.2, -0.15) is 0 Å². The van der Waals surface area contributed by atoms with Gasteiger partial charge in [0.1, 0.15) is 17.1 Å². The summed E-state index contributed by atoms with van der Waals surface area (Å²) >= 11 is 0. The number of nitro groups is 1. The van der Waals surface area contributed by atoms with E-state index in [2.05, 4.69) is 16.9 Å². The molecule has 0 saturated heterocycles. The number of aryl methyl sites for hydroxylation is 2. The molecule has 0 radical (unpaired) electrons. The van der Waals surface area contributed by atoms with Gasteiger partial charge in [0.05, 0.1) is 22.6 Å². The van der Waals surface area contributed by atoms with Gasteiger partial charge in [0.25, 0.3) is 11.2 Å². The van der Waals surface area contributed by atoms with Gasteiger partial charge in [-0.25, -0.2) is 4.98 Å². The number of nitrogens with one attached hydrogen (secondary N) is 1. The smallest absolute Gasteiger partial charge is 0.275 e. The Kier molecular flexibility index (Phi) is 4.75. The van der Waals surface area contributed by atoms with Crippen molar-refractivity contribution >= 4 is 16.7 Å². The Hall–Kier alpha value is -3.16. The number of non-ortho nitro benzene ring substituents is 1. The highest BCUT2D eigenvalue weighted by molar-refractivity contribution is 5.81. The first-order valence-corrected chi connectivity index (χ1v) is 8.46. The zero-order valence-corrected chi connectivity index (χ0v) is 14.9. The van der Waals surface area contributed by atoms with Crippen LogP contribution in [0.2, 0.25) is 0 Å². The third kappa shape index (κ3) is 3.05. The van der Waals surface area contributed by atoms with Crippen molar-refractivity contribution in [3.8, 4) is 17.1 Å². The van der Waals surface area contributed by atoms with Gasteiger partial charge in [-0.3, -0.25) is 14.9 Å². The molecule has 0 aliphatic heterocycles. The number of nitro benzene ring substituents is 1. The van der Waals surface area contributed by atoms with E-state index in [9.17, 15) is 14.9 Å². The van der Waals surface area contributed by atoms with Crippen LogP contribution in [0.1, 0.15) is 25.8 Å². The average molecular weight is 356 g/mol. The number of fused-ring (bicyclic) bond motifs is 1. The second-order valence-electron chi connectivity index (χ2n) is 6.00. The number of rotatable bonds is 6. The first-order chi connectivity index (χ1) is 12.5. The molecule has 136 valence electrons. The summed E-state index contributed by atoms with van der Waals surface area (Å²) in [6.07, 6.45) is 3.61. The predicted octanol–water partition coefficient (Wildman–Crippen LogP) is 3.19. The molecule has 0 amide bonds. The minimum Gasteiger partial charge on any atom is -0.493 e. The second-order valence-corrected chi connectivity index (χ2v) is 6.00. The highest BCUT2D eigenvalue weighted by atomic mass is 16.6. The van der Waals surface area contributed by atoms with Crippen LogP contribution in [0.4, 0.5) is 5.69 Å². The molecule has 8 nitrogen and oxygen atoms in total. The van der Waals surface area contributed by atoms with Crippen LogP contribution < -0.4 is 10.3 Å². The third-order valence-corrected chi connectivity index (χ3v) is 4.15. The van der Waals surface area contributed by atoms with Crippen LogP contribution in [0, 0.1) is 10.1 Å². The van der Waals surface area contributed by atoms with Gasteiger partial charge in [-0.05, 0) is 25.0 Å². The molecule has 0 aliphatic carbocycles. The average Bonchev–Trinajstić information content (AvgIpc) is 2.92. The number of nitrogens with zero attached hydrogens (tertiary/aromatic N) is 3. The predicted molar refractivity (Wildman–Crippen MR) is 98.6 cm³/mol. The number of aromatic amines is 1. The maximum atomic E-state index is 12.6. The summed E-state index contributed by atoms with van der Waals surface area (Å²) in [7, 11) is 1.80. The minimum atomic E-state index is -0.485. The van der Waals surface area contributed by atoms with Crippen molar-refractivity contribution in [3.63, 3.8) is 0 Å². The van der Waals surface area contributed by atoms with E-state index in [0.717, 1.165) is 18.4 Å². The zero-order valence-electron chi connectivity index (χ0n) is 14.9. The Bertz CT molecular complexity index is 1040. The Morgan fingerprint density at radius 2 is 2.12 bits per heavy atom. The number of ether oxygens (including phenoxy) is 1. The number of hydrogen-bond acceptors (Lipinski definition) is 5. The van der Waals surface area contributed by atoms with Crippen LogP contribution in [-0.2, 0) is 13.5 Å². The van der Waals surface area contributed by atoms with Crippen LogP contribution >= 0.6 is 0 Å². The Balaban J connectivity index is 2.28. The SMILES string of the molecule is CCCc1cn(C)c2c(=O)[nH]c(-c3cc([N+](=O)[O-])ccc3OCC)nc12. The minimum absolute atomic E-state index is 0.0898. The maximum absolute atomic E-state index is 12.6. The summed E-state index contributed by atoms with van der Waals surface area (Å²) in [5.41, 5.74) is 2.09. The Morgan fingerprint density at radius 1 is 1.35 bits per heavy atom. The molecule has 1 N–H and O–H groups in total. The quantitative estimate of drug-likeness (QED) is 0.540. The van der Waals surface area contributed by atoms with E-state index >= 15 is 0 Å². The second kappa shape index (κ2) is 6.99. The fraction of sp³-hybridized carbons (Fsp3) is 0.333. The van der Waals surface area contributed by atoms with Crippen molar-refractivity contribution in [2.45, 2.75) is 26.7 Å². The van der Waals surface area contributed by atoms with Crippen molar-refractivity contribution in [3.05, 3.63) is 50.4 Å². The molecule has 2 heterocycles. The normalized spacial score (nSPS) is 11.0. The molecule has 0 saturated carbocycles. The van der Waals surface area contributed by atoms with Gasteiger partial charge in [-0.15, -0.1) is 0 Å². The van der Waals surface area contributed by atoms with E-state index < -0.39 is 4.92 Å². The van der Waals surface area contributed by atoms with Gasteiger partial charge in [0, 0.05) is 25.4 Å². The van der Waals surface area contributed by atoms with Gasteiger partial charge < -0.3 is 14.3 Å². The topological polar surface area (TPSA) is 103 Å². The number of aromatic nitrogens is 3. The van der Waals surface area contributed by atoms with Crippen LogP contribution in [-0.4, -0.2) is 26.1 Å². The molecule has 3 aromatic rings. The molecule has 0 fully saturated rings. The maximum Gasteiger partial charge on any atom is 0.275 e. The molecule has 2 aromatic heterocycles. The Labute approximate surface area is 149 Å².